The molecule has 0 atom stereocenters. The minimum atomic E-state index is -1.14. The number of aryl methyl sites for hydroxylation is 2. The molecule has 0 aromatic heterocycles. The number of nitrogens with zero attached hydrogens (tertiary/aromatic N) is 1. The maximum Gasteiger partial charge on any atom is 0.331 e. The van der Waals surface area contributed by atoms with Gasteiger partial charge in [-0.2, -0.15) is 0 Å². The molecular weight excluding hydrogens is 448 g/mol. The Balaban J connectivity index is 1.46. The number of benzene rings is 3. The topological polar surface area (TPSA) is 86.7 Å². The van der Waals surface area contributed by atoms with E-state index in [1.807, 2.05) is 53.4 Å². The van der Waals surface area contributed by atoms with Crippen molar-refractivity contribution in [1.82, 2.24) is 0 Å². The van der Waals surface area contributed by atoms with Crippen LogP contribution in [0.2, 0.25) is 0 Å². The van der Waals surface area contributed by atoms with Crippen LogP contribution in [0.15, 0.2) is 89.3 Å². The molecule has 4 rings (SSSR count). The number of anilines is 3. The zero-order chi connectivity index (χ0) is 24.1. The van der Waals surface area contributed by atoms with Gasteiger partial charge in [-0.05, 0) is 67.3 Å². The summed E-state index contributed by atoms with van der Waals surface area (Å²) in [6, 6.07) is 23.2. The lowest BCUT2D eigenvalue weighted by Gasteiger charge is -2.25. The van der Waals surface area contributed by atoms with Crippen molar-refractivity contribution in [2.45, 2.75) is 24.7 Å². The van der Waals surface area contributed by atoms with Crippen LogP contribution in [-0.2, 0) is 27.2 Å². The van der Waals surface area contributed by atoms with E-state index in [9.17, 15) is 14.4 Å². The summed E-state index contributed by atoms with van der Waals surface area (Å²) < 4.78 is 0. The summed E-state index contributed by atoms with van der Waals surface area (Å²) >= 11 is 1.43. The van der Waals surface area contributed by atoms with Gasteiger partial charge < -0.3 is 10.4 Å². The van der Waals surface area contributed by atoms with Gasteiger partial charge in [-0.25, -0.2) is 4.79 Å². The summed E-state index contributed by atoms with van der Waals surface area (Å²) in [6.45, 7) is 1.36. The van der Waals surface area contributed by atoms with Crippen molar-refractivity contribution in [3.63, 3.8) is 0 Å². The molecule has 34 heavy (non-hydrogen) atoms. The van der Waals surface area contributed by atoms with Crippen LogP contribution in [0.25, 0.3) is 0 Å². The second-order valence-electron chi connectivity index (χ2n) is 7.92. The highest BCUT2D eigenvalue weighted by Gasteiger charge is 2.25. The lowest BCUT2D eigenvalue weighted by molar-refractivity contribution is -0.132. The van der Waals surface area contributed by atoms with E-state index in [2.05, 4.69) is 17.4 Å². The highest BCUT2D eigenvalue weighted by Crippen LogP contribution is 2.36. The first kappa shape index (κ1) is 23.3. The van der Waals surface area contributed by atoms with Crippen molar-refractivity contribution in [2.75, 3.05) is 16.0 Å². The van der Waals surface area contributed by atoms with E-state index in [0.29, 0.717) is 5.69 Å². The van der Waals surface area contributed by atoms with Crippen LogP contribution in [0.5, 0.6) is 0 Å². The number of para-hydroxylation sites is 2. The molecule has 0 saturated heterocycles. The van der Waals surface area contributed by atoms with Crippen LogP contribution in [0.4, 0.5) is 17.1 Å². The number of carbonyl (C=O) groups is 3. The van der Waals surface area contributed by atoms with Gasteiger partial charge in [0.25, 0.3) is 0 Å². The number of fused-ring (bicyclic) bond motifs is 2. The maximum atomic E-state index is 13.4. The number of rotatable bonds is 6. The van der Waals surface area contributed by atoms with Crippen LogP contribution in [-0.4, -0.2) is 28.6 Å². The highest BCUT2D eigenvalue weighted by molar-refractivity contribution is 8.00. The van der Waals surface area contributed by atoms with E-state index in [1.165, 1.54) is 18.7 Å². The van der Waals surface area contributed by atoms with Crippen LogP contribution in [0, 0.1) is 0 Å². The fourth-order valence-corrected chi connectivity index (χ4v) is 4.58. The highest BCUT2D eigenvalue weighted by atomic mass is 32.2. The lowest BCUT2D eigenvalue weighted by Crippen LogP contribution is -2.28. The van der Waals surface area contributed by atoms with Gasteiger partial charge in [-0.15, -0.1) is 11.8 Å². The Hall–Kier alpha value is -3.84. The molecule has 0 spiro atoms. The third-order valence-electron chi connectivity index (χ3n) is 5.55. The second kappa shape index (κ2) is 10.4. The Morgan fingerprint density at radius 2 is 1.47 bits per heavy atom. The Morgan fingerprint density at radius 3 is 2.03 bits per heavy atom. The Morgan fingerprint density at radius 1 is 0.912 bits per heavy atom. The molecule has 1 heterocycles. The third-order valence-corrected chi connectivity index (χ3v) is 6.54. The monoisotopic (exact) mass is 472 g/mol. The molecule has 3 aromatic rings. The van der Waals surface area contributed by atoms with Gasteiger partial charge in [0.1, 0.15) is 0 Å². The van der Waals surface area contributed by atoms with Crippen LogP contribution in [0.1, 0.15) is 18.1 Å². The maximum absolute atomic E-state index is 13.4. The van der Waals surface area contributed by atoms with E-state index in [-0.39, 0.29) is 17.2 Å². The average Bonchev–Trinajstić information content (AvgIpc) is 3.00. The van der Waals surface area contributed by atoms with Gasteiger partial charge in [-0.3, -0.25) is 14.5 Å². The van der Waals surface area contributed by atoms with E-state index in [1.54, 1.807) is 12.1 Å². The molecule has 0 saturated carbocycles. The van der Waals surface area contributed by atoms with Crippen molar-refractivity contribution < 1.29 is 19.5 Å². The smallest absolute Gasteiger partial charge is 0.331 e. The molecule has 0 bridgehead atoms. The predicted molar refractivity (Wildman–Crippen MR) is 135 cm³/mol. The van der Waals surface area contributed by atoms with Gasteiger partial charge in [0.15, 0.2) is 0 Å². The molecule has 7 heteroatoms. The number of thioether (sulfide) groups is 1. The summed E-state index contributed by atoms with van der Waals surface area (Å²) in [7, 11) is 0. The molecule has 0 fully saturated rings. The summed E-state index contributed by atoms with van der Waals surface area (Å²) in [5, 5.41) is 11.5. The van der Waals surface area contributed by atoms with Crippen LogP contribution < -0.4 is 10.2 Å². The third kappa shape index (κ3) is 5.38. The number of hydrogen-bond donors (Lipinski definition) is 2. The molecule has 0 radical (unpaired) electrons. The summed E-state index contributed by atoms with van der Waals surface area (Å²) in [4.78, 5) is 38.9. The first-order valence-corrected chi connectivity index (χ1v) is 11.8. The fourth-order valence-electron chi connectivity index (χ4n) is 3.83. The molecule has 1 aliphatic rings. The predicted octanol–water partition coefficient (Wildman–Crippen LogP) is 5.21. The molecule has 2 amide bonds. The molecule has 2 N–H and O–H groups in total. The minimum Gasteiger partial charge on any atom is -0.478 e. The van der Waals surface area contributed by atoms with E-state index < -0.39 is 11.9 Å². The lowest BCUT2D eigenvalue weighted by atomic mass is 10.0. The molecular formula is C27H24N2O4S. The Labute approximate surface area is 202 Å². The first-order valence-electron chi connectivity index (χ1n) is 10.9. The molecule has 172 valence electrons. The van der Waals surface area contributed by atoms with Crippen molar-refractivity contribution in [2.24, 2.45) is 0 Å². The molecule has 1 aliphatic heterocycles. The van der Waals surface area contributed by atoms with Crippen molar-refractivity contribution in [3.8, 4) is 0 Å². The van der Waals surface area contributed by atoms with Gasteiger partial charge in [0, 0.05) is 22.2 Å². The van der Waals surface area contributed by atoms with Gasteiger partial charge in [0.05, 0.1) is 17.1 Å². The quantitative estimate of drug-likeness (QED) is 0.380. The van der Waals surface area contributed by atoms with Crippen molar-refractivity contribution >= 4 is 46.6 Å². The number of carboxylic acid groups (broad SMARTS) is 1. The number of aliphatic carboxylic acids is 1. The zero-order valence-corrected chi connectivity index (χ0v) is 19.5. The van der Waals surface area contributed by atoms with Gasteiger partial charge >= 0.3 is 5.97 Å². The standard InChI is InChI=1S/C27H24N2O4S/c1-18(27(32)33)16-25(30)28-21-12-14-22(15-13-21)34-17-26(31)29-23-8-4-2-6-19(23)10-11-20-7-3-5-9-24(20)29/h2-9,12-16H,10-11,17H2,1H3,(H,28,30)(H,32,33)/b18-16+. The van der Waals surface area contributed by atoms with E-state index in [0.717, 1.165) is 46.3 Å². The number of amides is 2. The number of nitrogens with one attached hydrogen (secondary N) is 1. The number of hydrogen-bond acceptors (Lipinski definition) is 4. The number of carbonyl (C=O) groups excluding carboxylic acids is 2. The van der Waals surface area contributed by atoms with Gasteiger partial charge in [-0.1, -0.05) is 36.4 Å². The Kier molecular flexibility index (Phi) is 7.13. The summed E-state index contributed by atoms with van der Waals surface area (Å²) in [5.74, 6) is -1.39. The number of carboxylic acids is 1. The summed E-state index contributed by atoms with van der Waals surface area (Å²) in [6.07, 6.45) is 2.82. The molecule has 6 nitrogen and oxygen atoms in total. The minimum absolute atomic E-state index is 0.00142. The van der Waals surface area contributed by atoms with E-state index >= 15 is 0 Å². The molecule has 0 unspecified atom stereocenters. The summed E-state index contributed by atoms with van der Waals surface area (Å²) in [5.41, 5.74) is 4.68. The molecule has 3 aromatic carbocycles. The zero-order valence-electron chi connectivity index (χ0n) is 18.7. The molecule has 0 aliphatic carbocycles. The van der Waals surface area contributed by atoms with Crippen molar-refractivity contribution in [3.05, 3.63) is 95.6 Å². The van der Waals surface area contributed by atoms with E-state index in [4.69, 9.17) is 5.11 Å². The van der Waals surface area contributed by atoms with Crippen molar-refractivity contribution in [1.29, 1.82) is 0 Å². The fraction of sp³-hybridized carbons (Fsp3) is 0.148. The second-order valence-corrected chi connectivity index (χ2v) is 8.97. The van der Waals surface area contributed by atoms with Crippen LogP contribution >= 0.6 is 11.8 Å². The Bertz CT molecular complexity index is 1220. The van der Waals surface area contributed by atoms with Gasteiger partial charge in [0.2, 0.25) is 11.8 Å². The average molecular weight is 473 g/mol. The first-order chi connectivity index (χ1) is 16.4. The largest absolute Gasteiger partial charge is 0.478 e. The van der Waals surface area contributed by atoms with Crippen LogP contribution in [0.3, 0.4) is 0 Å². The normalized spacial score (nSPS) is 12.9. The SMILES string of the molecule is C/C(=C\C(=O)Nc1ccc(SCC(=O)N2c3ccccc3CCc3ccccc32)cc1)C(=O)O.